The van der Waals surface area contributed by atoms with Crippen LogP contribution in [0.3, 0.4) is 0 Å². The first-order valence-corrected chi connectivity index (χ1v) is 8.94. The van der Waals surface area contributed by atoms with Crippen molar-refractivity contribution in [2.24, 2.45) is 11.8 Å². The van der Waals surface area contributed by atoms with Crippen molar-refractivity contribution in [3.8, 4) is 0 Å². The molecule has 3 amide bonds. The molecule has 0 spiro atoms. The van der Waals surface area contributed by atoms with E-state index in [0.29, 0.717) is 35.9 Å². The minimum absolute atomic E-state index is 0.223. The standard InChI is InChI=1S/C18H18Cl2N2O3/c19-12-6-5-11(15(20)9-12)7-8-21-16(23)10-22-17(24)13-3-1-2-4-14(13)18(22)25/h1-2,5-6,9,13-14H,3-4,7-8,10H2,(H,21,23). The summed E-state index contributed by atoms with van der Waals surface area (Å²) in [5, 5.41) is 3.83. The molecular weight excluding hydrogens is 363 g/mol. The summed E-state index contributed by atoms with van der Waals surface area (Å²) in [7, 11) is 0. The highest BCUT2D eigenvalue weighted by Crippen LogP contribution is 2.34. The van der Waals surface area contributed by atoms with Gasteiger partial charge in [-0.1, -0.05) is 41.4 Å². The molecule has 1 aromatic carbocycles. The second kappa shape index (κ2) is 7.58. The smallest absolute Gasteiger partial charge is 0.240 e. The summed E-state index contributed by atoms with van der Waals surface area (Å²) in [6.07, 6.45) is 5.53. The van der Waals surface area contributed by atoms with E-state index in [9.17, 15) is 14.4 Å². The average Bonchev–Trinajstić information content (AvgIpc) is 2.82. The Bertz CT molecular complexity index is 722. The third-order valence-electron chi connectivity index (χ3n) is 4.63. The molecule has 1 fully saturated rings. The Hall–Kier alpha value is -1.85. The number of rotatable bonds is 5. The van der Waals surface area contributed by atoms with E-state index in [1.807, 2.05) is 18.2 Å². The van der Waals surface area contributed by atoms with Gasteiger partial charge in [-0.3, -0.25) is 19.3 Å². The lowest BCUT2D eigenvalue weighted by molar-refractivity contribution is -0.143. The number of allylic oxidation sites excluding steroid dienone is 2. The van der Waals surface area contributed by atoms with E-state index in [-0.39, 0.29) is 36.1 Å². The van der Waals surface area contributed by atoms with E-state index in [0.717, 1.165) is 10.5 Å². The molecule has 1 aliphatic heterocycles. The molecule has 2 atom stereocenters. The molecule has 25 heavy (non-hydrogen) atoms. The van der Waals surface area contributed by atoms with Gasteiger partial charge in [0.1, 0.15) is 6.54 Å². The predicted molar refractivity (Wildman–Crippen MR) is 95.2 cm³/mol. The lowest BCUT2D eigenvalue weighted by atomic mass is 9.85. The molecule has 1 N–H and O–H groups in total. The van der Waals surface area contributed by atoms with Crippen LogP contribution in [0.2, 0.25) is 10.0 Å². The number of likely N-dealkylation sites (tertiary alicyclic amines) is 1. The molecule has 132 valence electrons. The Morgan fingerprint density at radius 3 is 2.36 bits per heavy atom. The van der Waals surface area contributed by atoms with Gasteiger partial charge in [-0.2, -0.15) is 0 Å². The number of imide groups is 1. The molecule has 0 bridgehead atoms. The number of halogens is 2. The minimum Gasteiger partial charge on any atom is -0.354 e. The summed E-state index contributed by atoms with van der Waals surface area (Å²) in [6.45, 7) is 0.143. The Kier molecular flexibility index (Phi) is 5.45. The van der Waals surface area contributed by atoms with E-state index in [1.54, 1.807) is 12.1 Å². The van der Waals surface area contributed by atoms with Gasteiger partial charge in [0.2, 0.25) is 17.7 Å². The van der Waals surface area contributed by atoms with Gasteiger partial charge in [0.15, 0.2) is 0 Å². The molecule has 1 aliphatic carbocycles. The quantitative estimate of drug-likeness (QED) is 0.630. The maximum absolute atomic E-state index is 12.3. The fourth-order valence-corrected chi connectivity index (χ4v) is 3.79. The van der Waals surface area contributed by atoms with Crippen LogP contribution in [-0.4, -0.2) is 35.7 Å². The normalized spacial score (nSPS) is 22.2. The number of nitrogens with one attached hydrogen (secondary N) is 1. The van der Waals surface area contributed by atoms with Gasteiger partial charge in [0.25, 0.3) is 0 Å². The summed E-state index contributed by atoms with van der Waals surface area (Å²) < 4.78 is 0. The van der Waals surface area contributed by atoms with E-state index < -0.39 is 0 Å². The van der Waals surface area contributed by atoms with Crippen molar-refractivity contribution < 1.29 is 14.4 Å². The van der Waals surface area contributed by atoms with Gasteiger partial charge in [-0.15, -0.1) is 0 Å². The van der Waals surface area contributed by atoms with Crippen LogP contribution in [0.15, 0.2) is 30.4 Å². The van der Waals surface area contributed by atoms with Crippen LogP contribution in [0.4, 0.5) is 0 Å². The predicted octanol–water partition coefficient (Wildman–Crippen LogP) is 2.60. The fourth-order valence-electron chi connectivity index (χ4n) is 3.29. The van der Waals surface area contributed by atoms with Crippen molar-refractivity contribution in [1.29, 1.82) is 0 Å². The lowest BCUT2D eigenvalue weighted by Crippen LogP contribution is -2.41. The molecule has 1 aromatic rings. The molecule has 1 saturated heterocycles. The summed E-state index contributed by atoms with van der Waals surface area (Å²) in [4.78, 5) is 37.8. The van der Waals surface area contributed by atoms with Gasteiger partial charge < -0.3 is 5.32 Å². The Labute approximate surface area is 156 Å². The third-order valence-corrected chi connectivity index (χ3v) is 5.22. The second-order valence-corrected chi connectivity index (χ2v) is 7.10. The van der Waals surface area contributed by atoms with Crippen LogP contribution in [0.5, 0.6) is 0 Å². The van der Waals surface area contributed by atoms with Crippen molar-refractivity contribution in [3.63, 3.8) is 0 Å². The highest BCUT2D eigenvalue weighted by atomic mass is 35.5. The molecule has 7 heteroatoms. The molecule has 5 nitrogen and oxygen atoms in total. The summed E-state index contributed by atoms with van der Waals surface area (Å²) in [5.41, 5.74) is 0.872. The van der Waals surface area contributed by atoms with Crippen molar-refractivity contribution in [1.82, 2.24) is 10.2 Å². The zero-order valence-corrected chi connectivity index (χ0v) is 15.0. The maximum atomic E-state index is 12.3. The average molecular weight is 381 g/mol. The van der Waals surface area contributed by atoms with Crippen molar-refractivity contribution in [3.05, 3.63) is 46.0 Å². The lowest BCUT2D eigenvalue weighted by Gasteiger charge is -2.14. The van der Waals surface area contributed by atoms with Crippen molar-refractivity contribution >= 4 is 40.9 Å². The zero-order valence-electron chi connectivity index (χ0n) is 13.5. The summed E-state index contributed by atoms with van der Waals surface area (Å²) in [6, 6.07) is 5.20. The van der Waals surface area contributed by atoms with Crippen LogP contribution in [0, 0.1) is 11.8 Å². The second-order valence-electron chi connectivity index (χ2n) is 6.25. The van der Waals surface area contributed by atoms with Crippen molar-refractivity contribution in [2.45, 2.75) is 19.3 Å². The molecule has 2 aliphatic rings. The van der Waals surface area contributed by atoms with Crippen molar-refractivity contribution in [2.75, 3.05) is 13.1 Å². The summed E-state index contributed by atoms with van der Waals surface area (Å²) >= 11 is 11.9. The number of nitrogens with zero attached hydrogens (tertiary/aromatic N) is 1. The first kappa shape index (κ1) is 18.0. The van der Waals surface area contributed by atoms with Crippen LogP contribution >= 0.6 is 23.2 Å². The SMILES string of the molecule is O=C(CN1C(=O)C2CC=CCC2C1=O)NCCc1ccc(Cl)cc1Cl. The molecule has 0 aromatic heterocycles. The van der Waals surface area contributed by atoms with E-state index in [1.165, 1.54) is 0 Å². The Balaban J connectivity index is 1.51. The number of fused-ring (bicyclic) bond motifs is 1. The minimum atomic E-state index is -0.349. The van der Waals surface area contributed by atoms with Crippen LogP contribution in [-0.2, 0) is 20.8 Å². The highest BCUT2D eigenvalue weighted by molar-refractivity contribution is 6.35. The largest absolute Gasteiger partial charge is 0.354 e. The van der Waals surface area contributed by atoms with Gasteiger partial charge in [-0.05, 0) is 37.0 Å². The van der Waals surface area contributed by atoms with Crippen LogP contribution in [0.1, 0.15) is 18.4 Å². The van der Waals surface area contributed by atoms with Crippen LogP contribution in [0.25, 0.3) is 0 Å². The van der Waals surface area contributed by atoms with Gasteiger partial charge in [0.05, 0.1) is 11.8 Å². The van der Waals surface area contributed by atoms with Gasteiger partial charge in [0, 0.05) is 16.6 Å². The number of amides is 3. The number of hydrogen-bond acceptors (Lipinski definition) is 3. The zero-order chi connectivity index (χ0) is 18.0. The van der Waals surface area contributed by atoms with E-state index in [4.69, 9.17) is 23.2 Å². The molecule has 2 unspecified atom stereocenters. The molecule has 0 radical (unpaired) electrons. The number of carbonyl (C=O) groups excluding carboxylic acids is 3. The van der Waals surface area contributed by atoms with Crippen LogP contribution < -0.4 is 5.32 Å². The topological polar surface area (TPSA) is 66.5 Å². The number of carbonyl (C=O) groups is 3. The third kappa shape index (κ3) is 3.88. The molecule has 3 rings (SSSR count). The fraction of sp³-hybridized carbons (Fsp3) is 0.389. The first-order valence-electron chi connectivity index (χ1n) is 8.18. The molecule has 1 heterocycles. The number of benzene rings is 1. The highest BCUT2D eigenvalue weighted by Gasteiger charge is 2.47. The number of hydrogen-bond donors (Lipinski definition) is 1. The van der Waals surface area contributed by atoms with E-state index >= 15 is 0 Å². The Morgan fingerprint density at radius 1 is 1.12 bits per heavy atom. The monoisotopic (exact) mass is 380 g/mol. The van der Waals surface area contributed by atoms with Gasteiger partial charge in [-0.25, -0.2) is 0 Å². The Morgan fingerprint density at radius 2 is 1.76 bits per heavy atom. The summed E-state index contributed by atoms with van der Waals surface area (Å²) in [5.74, 6) is -1.44. The maximum Gasteiger partial charge on any atom is 0.240 e. The molecule has 0 saturated carbocycles. The molecular formula is C18H18Cl2N2O3. The first-order chi connectivity index (χ1) is 12.0. The van der Waals surface area contributed by atoms with E-state index in [2.05, 4.69) is 5.32 Å². The van der Waals surface area contributed by atoms with Gasteiger partial charge >= 0.3 is 0 Å².